The van der Waals surface area contributed by atoms with Gasteiger partial charge in [0.1, 0.15) is 0 Å². The number of rotatable bonds is 1. The largest absolute Gasteiger partial charge is 0.481 e. The Balaban J connectivity index is 1.76. The Morgan fingerprint density at radius 2 is 1.83 bits per heavy atom. The summed E-state index contributed by atoms with van der Waals surface area (Å²) in [6.45, 7) is 8.55. The van der Waals surface area contributed by atoms with Crippen LogP contribution in [0, 0.1) is 28.1 Å². The first-order valence-electron chi connectivity index (χ1n) is 9.30. The molecule has 3 nitrogen and oxygen atoms in total. The van der Waals surface area contributed by atoms with Gasteiger partial charge in [0.05, 0.1) is 11.0 Å². The van der Waals surface area contributed by atoms with E-state index in [2.05, 4.69) is 13.5 Å². The topological polar surface area (TPSA) is 57.5 Å². The van der Waals surface area contributed by atoms with E-state index < -0.39 is 17.0 Å². The van der Waals surface area contributed by atoms with Gasteiger partial charge in [-0.05, 0) is 86.5 Å². The molecule has 0 amide bonds. The molecule has 0 aromatic rings. The van der Waals surface area contributed by atoms with Crippen molar-refractivity contribution in [2.24, 2.45) is 28.1 Å². The average molecular weight is 318 g/mol. The maximum atomic E-state index is 12.0. The van der Waals surface area contributed by atoms with Crippen molar-refractivity contribution in [1.82, 2.24) is 0 Å². The Kier molecular flexibility index (Phi) is 3.01. The molecule has 4 aliphatic rings. The highest BCUT2D eigenvalue weighted by molar-refractivity contribution is 5.75. The first kappa shape index (κ1) is 15.7. The van der Waals surface area contributed by atoms with E-state index in [1.54, 1.807) is 0 Å². The van der Waals surface area contributed by atoms with Gasteiger partial charge in [-0.3, -0.25) is 4.79 Å². The molecule has 6 atom stereocenters. The van der Waals surface area contributed by atoms with E-state index in [1.807, 2.05) is 6.92 Å². The Bertz CT molecular complexity index is 583. The molecule has 2 N–H and O–H groups in total. The van der Waals surface area contributed by atoms with Crippen LogP contribution in [0.1, 0.15) is 71.6 Å². The Labute approximate surface area is 139 Å². The predicted octanol–water partition coefficient (Wildman–Crippen LogP) is 4.16. The number of fused-ring (bicyclic) bond motifs is 3. The fourth-order valence-electron chi connectivity index (χ4n) is 7.61. The summed E-state index contributed by atoms with van der Waals surface area (Å²) in [6, 6.07) is 0. The van der Waals surface area contributed by atoms with E-state index in [0.717, 1.165) is 63.4 Å². The SMILES string of the molecule is C=C1C[C@]23CC[C@H]4[C@@](C)(CCC[C@@]4(C)C(=O)O)[C@@H]2CCC1(O)C3. The van der Waals surface area contributed by atoms with Gasteiger partial charge in [-0.15, -0.1) is 0 Å². The van der Waals surface area contributed by atoms with Gasteiger partial charge in [0.25, 0.3) is 0 Å². The number of aliphatic hydroxyl groups is 1. The molecule has 4 fully saturated rings. The minimum Gasteiger partial charge on any atom is -0.481 e. The van der Waals surface area contributed by atoms with Crippen LogP contribution in [0.5, 0.6) is 0 Å². The van der Waals surface area contributed by atoms with Crippen LogP contribution in [0.15, 0.2) is 12.2 Å². The van der Waals surface area contributed by atoms with Crippen LogP contribution < -0.4 is 0 Å². The van der Waals surface area contributed by atoms with E-state index in [0.29, 0.717) is 5.92 Å². The van der Waals surface area contributed by atoms with Gasteiger partial charge in [0.2, 0.25) is 0 Å². The smallest absolute Gasteiger partial charge is 0.309 e. The lowest BCUT2D eigenvalue weighted by atomic mass is 9.41. The van der Waals surface area contributed by atoms with Gasteiger partial charge < -0.3 is 10.2 Å². The van der Waals surface area contributed by atoms with Crippen molar-refractivity contribution in [2.75, 3.05) is 0 Å². The van der Waals surface area contributed by atoms with Crippen LogP contribution in [0.3, 0.4) is 0 Å². The monoisotopic (exact) mass is 318 g/mol. The van der Waals surface area contributed by atoms with Crippen LogP contribution in [0.2, 0.25) is 0 Å². The van der Waals surface area contributed by atoms with Crippen LogP contribution >= 0.6 is 0 Å². The maximum absolute atomic E-state index is 12.0. The summed E-state index contributed by atoms with van der Waals surface area (Å²) in [7, 11) is 0. The number of hydrogen-bond donors (Lipinski definition) is 2. The molecule has 1 unspecified atom stereocenters. The second-order valence-electron chi connectivity index (χ2n) is 9.62. The molecule has 4 aliphatic carbocycles. The zero-order valence-corrected chi connectivity index (χ0v) is 14.5. The van der Waals surface area contributed by atoms with Gasteiger partial charge in [-0.25, -0.2) is 0 Å². The van der Waals surface area contributed by atoms with Crippen molar-refractivity contribution < 1.29 is 15.0 Å². The first-order valence-corrected chi connectivity index (χ1v) is 9.30. The number of aliphatic carboxylic acids is 1. The van der Waals surface area contributed by atoms with E-state index >= 15 is 0 Å². The van der Waals surface area contributed by atoms with Crippen LogP contribution in [0.25, 0.3) is 0 Å². The molecule has 0 radical (unpaired) electrons. The summed E-state index contributed by atoms with van der Waals surface area (Å²) in [6.07, 6.45) is 8.75. The summed E-state index contributed by atoms with van der Waals surface area (Å²) in [5.41, 5.74) is 0.128. The van der Waals surface area contributed by atoms with Crippen molar-refractivity contribution in [1.29, 1.82) is 0 Å². The third-order valence-corrected chi connectivity index (χ3v) is 8.65. The first-order chi connectivity index (χ1) is 10.7. The summed E-state index contributed by atoms with van der Waals surface area (Å²) in [5, 5.41) is 20.8. The fourth-order valence-corrected chi connectivity index (χ4v) is 7.61. The molecule has 4 saturated carbocycles. The van der Waals surface area contributed by atoms with Crippen molar-refractivity contribution in [3.63, 3.8) is 0 Å². The van der Waals surface area contributed by atoms with E-state index in [1.165, 1.54) is 0 Å². The Morgan fingerprint density at radius 1 is 1.13 bits per heavy atom. The molecular formula is C20H30O3. The predicted molar refractivity (Wildman–Crippen MR) is 88.9 cm³/mol. The molecule has 0 saturated heterocycles. The minimum atomic E-state index is -0.634. The molecule has 23 heavy (non-hydrogen) atoms. The molecular weight excluding hydrogens is 288 g/mol. The van der Waals surface area contributed by atoms with Gasteiger partial charge in [-0.1, -0.05) is 19.9 Å². The van der Waals surface area contributed by atoms with Crippen LogP contribution in [-0.4, -0.2) is 21.8 Å². The molecule has 0 heterocycles. The lowest BCUT2D eigenvalue weighted by molar-refractivity contribution is -0.186. The second-order valence-corrected chi connectivity index (χ2v) is 9.62. The molecule has 0 aromatic carbocycles. The highest BCUT2D eigenvalue weighted by Crippen LogP contribution is 2.72. The van der Waals surface area contributed by atoms with Crippen molar-refractivity contribution in [2.45, 2.75) is 77.2 Å². The fraction of sp³-hybridized carbons (Fsp3) is 0.850. The molecule has 128 valence electrons. The molecule has 3 heteroatoms. The lowest BCUT2D eigenvalue weighted by Gasteiger charge is -2.63. The number of carboxylic acid groups (broad SMARTS) is 1. The lowest BCUT2D eigenvalue weighted by Crippen LogP contribution is -2.59. The third-order valence-electron chi connectivity index (χ3n) is 8.65. The molecule has 4 rings (SSSR count). The highest BCUT2D eigenvalue weighted by Gasteiger charge is 2.67. The summed E-state index contributed by atoms with van der Waals surface area (Å²) < 4.78 is 0. The van der Waals surface area contributed by atoms with E-state index in [9.17, 15) is 15.0 Å². The quantitative estimate of drug-likeness (QED) is 0.714. The molecule has 0 aliphatic heterocycles. The van der Waals surface area contributed by atoms with Gasteiger partial charge in [0, 0.05) is 0 Å². The van der Waals surface area contributed by atoms with E-state index in [4.69, 9.17) is 0 Å². The summed E-state index contributed by atoms with van der Waals surface area (Å²) >= 11 is 0. The minimum absolute atomic E-state index is 0.107. The van der Waals surface area contributed by atoms with Crippen molar-refractivity contribution >= 4 is 5.97 Å². The van der Waals surface area contributed by atoms with Crippen molar-refractivity contribution in [3.05, 3.63) is 12.2 Å². The Hall–Kier alpha value is -0.830. The highest BCUT2D eigenvalue weighted by atomic mass is 16.4. The third kappa shape index (κ3) is 1.78. The van der Waals surface area contributed by atoms with Crippen LogP contribution in [-0.2, 0) is 4.79 Å². The molecule has 0 aromatic heterocycles. The van der Waals surface area contributed by atoms with Gasteiger partial charge in [-0.2, -0.15) is 0 Å². The van der Waals surface area contributed by atoms with Gasteiger partial charge in [0.15, 0.2) is 0 Å². The number of carbonyl (C=O) groups is 1. The standard InChI is InChI=1S/C20H30O3/c1-13-11-19-9-5-14-17(2,7-4-8-18(14,3)16(21)22)15(19)6-10-20(13,23)12-19/h14-15,23H,1,4-12H2,2-3H3,(H,21,22)/t14-,15-,17+,18+,19-,20?/m0/s1. The van der Waals surface area contributed by atoms with Gasteiger partial charge >= 0.3 is 5.97 Å². The average Bonchev–Trinajstić information content (AvgIpc) is 2.63. The number of hydrogen-bond acceptors (Lipinski definition) is 2. The zero-order valence-electron chi connectivity index (χ0n) is 14.5. The normalized spacial score (nSPS) is 55.2. The maximum Gasteiger partial charge on any atom is 0.309 e. The zero-order chi connectivity index (χ0) is 16.7. The Morgan fingerprint density at radius 3 is 2.52 bits per heavy atom. The second kappa shape index (κ2) is 4.41. The summed E-state index contributed by atoms with van der Waals surface area (Å²) in [5.74, 6) is 0.219. The van der Waals surface area contributed by atoms with E-state index in [-0.39, 0.29) is 16.7 Å². The molecule has 1 spiro atoms. The number of carboxylic acids is 1. The molecule has 2 bridgehead atoms. The summed E-state index contributed by atoms with van der Waals surface area (Å²) in [4.78, 5) is 12.0. The van der Waals surface area contributed by atoms with Crippen molar-refractivity contribution in [3.8, 4) is 0 Å². The van der Waals surface area contributed by atoms with Crippen LogP contribution in [0.4, 0.5) is 0 Å².